The van der Waals surface area contributed by atoms with Crippen LogP contribution in [0.3, 0.4) is 0 Å². The van der Waals surface area contributed by atoms with Crippen molar-refractivity contribution in [2.24, 2.45) is 5.92 Å². The fraction of sp³-hybridized carbons (Fsp3) is 0.778. The standard InChI is InChI=1S/C36H64O5/c1-2-3-4-5-6-7-8-9-10-11-12-15-18-23-28-33(36(40)41)29-24-21-22-26-31-34(37)30-25-19-16-13-14-17-20-27-32-35(38)39/h6-7,9-10,19,25,33-34,37H,2-5,8,11-18,20-24,26-32H2,1H3,(H,38,39)(H,40,41)/t33?,34-/m0/s1. The SMILES string of the molecule is CCCCCC=CCC=CCCCCCCC(CCCCCC[C@@H](O)CC=CCCCCCCCC(=O)O)C(=O)O. The van der Waals surface area contributed by atoms with Gasteiger partial charge in [-0.05, 0) is 77.0 Å². The van der Waals surface area contributed by atoms with Gasteiger partial charge in [0.05, 0.1) is 12.0 Å². The molecule has 0 aliphatic heterocycles. The van der Waals surface area contributed by atoms with E-state index < -0.39 is 11.9 Å². The molecule has 0 radical (unpaired) electrons. The smallest absolute Gasteiger partial charge is 0.306 e. The predicted molar refractivity (Wildman–Crippen MR) is 173 cm³/mol. The van der Waals surface area contributed by atoms with Gasteiger partial charge in [0.2, 0.25) is 0 Å². The zero-order chi connectivity index (χ0) is 30.2. The third-order valence-electron chi connectivity index (χ3n) is 7.78. The number of aliphatic hydroxyl groups excluding tert-OH is 1. The number of aliphatic carboxylic acids is 2. The van der Waals surface area contributed by atoms with Crippen LogP contribution < -0.4 is 0 Å². The van der Waals surface area contributed by atoms with E-state index in [2.05, 4.69) is 43.4 Å². The third kappa shape index (κ3) is 30.9. The number of aliphatic hydroxyl groups is 1. The summed E-state index contributed by atoms with van der Waals surface area (Å²) >= 11 is 0. The van der Waals surface area contributed by atoms with Gasteiger partial charge in [0.15, 0.2) is 0 Å². The molecule has 5 heteroatoms. The topological polar surface area (TPSA) is 94.8 Å². The molecule has 3 N–H and O–H groups in total. The van der Waals surface area contributed by atoms with E-state index in [0.29, 0.717) is 6.42 Å². The molecule has 0 aliphatic carbocycles. The minimum atomic E-state index is -0.707. The Morgan fingerprint density at radius 3 is 1.56 bits per heavy atom. The van der Waals surface area contributed by atoms with Crippen molar-refractivity contribution in [3.8, 4) is 0 Å². The Morgan fingerprint density at radius 1 is 0.561 bits per heavy atom. The molecular formula is C36H64O5. The lowest BCUT2D eigenvalue weighted by atomic mass is 9.94. The molecule has 0 aromatic rings. The van der Waals surface area contributed by atoms with Crippen LogP contribution in [-0.2, 0) is 9.59 Å². The van der Waals surface area contributed by atoms with Gasteiger partial charge in [-0.1, -0.05) is 120 Å². The first-order valence-electron chi connectivity index (χ1n) is 17.0. The first-order chi connectivity index (χ1) is 20.0. The van der Waals surface area contributed by atoms with Crippen LogP contribution in [0.15, 0.2) is 36.5 Å². The van der Waals surface area contributed by atoms with E-state index in [1.54, 1.807) is 0 Å². The highest BCUT2D eigenvalue weighted by Crippen LogP contribution is 2.20. The quantitative estimate of drug-likeness (QED) is 0.0563. The molecule has 0 aliphatic rings. The van der Waals surface area contributed by atoms with Crippen LogP contribution >= 0.6 is 0 Å². The second-order valence-corrected chi connectivity index (χ2v) is 11.8. The summed E-state index contributed by atoms with van der Waals surface area (Å²) < 4.78 is 0. The van der Waals surface area contributed by atoms with E-state index in [1.807, 2.05) is 0 Å². The van der Waals surface area contributed by atoms with Crippen molar-refractivity contribution in [2.75, 3.05) is 0 Å². The van der Waals surface area contributed by atoms with Crippen molar-refractivity contribution in [2.45, 2.75) is 174 Å². The van der Waals surface area contributed by atoms with Gasteiger partial charge in [0.25, 0.3) is 0 Å². The van der Waals surface area contributed by atoms with Crippen molar-refractivity contribution in [1.82, 2.24) is 0 Å². The van der Waals surface area contributed by atoms with E-state index in [-0.39, 0.29) is 18.4 Å². The van der Waals surface area contributed by atoms with Crippen molar-refractivity contribution in [1.29, 1.82) is 0 Å². The van der Waals surface area contributed by atoms with E-state index >= 15 is 0 Å². The lowest BCUT2D eigenvalue weighted by molar-refractivity contribution is -0.142. The molecular weight excluding hydrogens is 512 g/mol. The molecule has 238 valence electrons. The average molecular weight is 577 g/mol. The summed E-state index contributed by atoms with van der Waals surface area (Å²) in [6.45, 7) is 2.24. The maximum absolute atomic E-state index is 11.6. The zero-order valence-corrected chi connectivity index (χ0v) is 26.5. The van der Waals surface area contributed by atoms with Crippen LogP contribution in [0.4, 0.5) is 0 Å². The Balaban J connectivity index is 3.64. The second kappa shape index (κ2) is 31.1. The molecule has 0 aromatic carbocycles. The van der Waals surface area contributed by atoms with Crippen molar-refractivity contribution < 1.29 is 24.9 Å². The number of unbranched alkanes of at least 4 members (excludes halogenated alkanes) is 15. The van der Waals surface area contributed by atoms with Gasteiger partial charge in [-0.2, -0.15) is 0 Å². The number of allylic oxidation sites excluding steroid dienone is 5. The maximum atomic E-state index is 11.6. The highest BCUT2D eigenvalue weighted by atomic mass is 16.4. The maximum Gasteiger partial charge on any atom is 0.306 e. The number of hydrogen-bond donors (Lipinski definition) is 3. The molecule has 5 nitrogen and oxygen atoms in total. The minimum absolute atomic E-state index is 0.209. The van der Waals surface area contributed by atoms with Crippen LogP contribution in [0.25, 0.3) is 0 Å². The van der Waals surface area contributed by atoms with Gasteiger partial charge in [-0.25, -0.2) is 0 Å². The number of rotatable bonds is 31. The van der Waals surface area contributed by atoms with Gasteiger partial charge in [-0.3, -0.25) is 9.59 Å². The fourth-order valence-electron chi connectivity index (χ4n) is 5.10. The van der Waals surface area contributed by atoms with E-state index in [9.17, 15) is 19.8 Å². The Hall–Kier alpha value is -1.88. The molecule has 0 heterocycles. The fourth-order valence-corrected chi connectivity index (χ4v) is 5.10. The molecule has 0 amide bonds. The molecule has 41 heavy (non-hydrogen) atoms. The molecule has 0 spiro atoms. The van der Waals surface area contributed by atoms with Gasteiger partial charge < -0.3 is 15.3 Å². The van der Waals surface area contributed by atoms with Crippen molar-refractivity contribution in [3.63, 3.8) is 0 Å². The molecule has 0 saturated carbocycles. The molecule has 2 atom stereocenters. The molecule has 0 bridgehead atoms. The minimum Gasteiger partial charge on any atom is -0.481 e. The number of carboxylic acid groups (broad SMARTS) is 2. The molecule has 1 unspecified atom stereocenters. The summed E-state index contributed by atoms with van der Waals surface area (Å²) in [5, 5.41) is 28.4. The normalized spacial score (nSPS) is 13.5. The summed E-state index contributed by atoms with van der Waals surface area (Å²) in [7, 11) is 0. The zero-order valence-electron chi connectivity index (χ0n) is 26.5. The Bertz CT molecular complexity index is 681. The Morgan fingerprint density at radius 2 is 1.02 bits per heavy atom. The molecule has 0 rings (SSSR count). The lowest BCUT2D eigenvalue weighted by Gasteiger charge is -2.12. The van der Waals surface area contributed by atoms with Gasteiger partial charge in [0, 0.05) is 6.42 Å². The Labute approximate surface area is 252 Å². The summed E-state index contributed by atoms with van der Waals surface area (Å²) in [4.78, 5) is 22.1. The van der Waals surface area contributed by atoms with Crippen molar-refractivity contribution >= 4 is 11.9 Å². The van der Waals surface area contributed by atoms with Gasteiger partial charge in [-0.15, -0.1) is 0 Å². The monoisotopic (exact) mass is 576 g/mol. The van der Waals surface area contributed by atoms with E-state index in [1.165, 1.54) is 38.5 Å². The lowest BCUT2D eigenvalue weighted by Crippen LogP contribution is -2.13. The van der Waals surface area contributed by atoms with E-state index in [0.717, 1.165) is 109 Å². The number of carbonyl (C=O) groups is 2. The Kier molecular flexibility index (Phi) is 29.6. The van der Waals surface area contributed by atoms with Crippen LogP contribution in [0.2, 0.25) is 0 Å². The molecule has 0 saturated heterocycles. The summed E-state index contributed by atoms with van der Waals surface area (Å²) in [5.74, 6) is -1.56. The average Bonchev–Trinajstić information content (AvgIpc) is 2.94. The van der Waals surface area contributed by atoms with Gasteiger partial charge in [0.1, 0.15) is 0 Å². The van der Waals surface area contributed by atoms with Crippen LogP contribution in [0, 0.1) is 5.92 Å². The number of hydrogen-bond acceptors (Lipinski definition) is 3. The third-order valence-corrected chi connectivity index (χ3v) is 7.78. The first-order valence-corrected chi connectivity index (χ1v) is 17.0. The summed E-state index contributed by atoms with van der Waals surface area (Å²) in [5.41, 5.74) is 0. The van der Waals surface area contributed by atoms with E-state index in [4.69, 9.17) is 5.11 Å². The first kappa shape index (κ1) is 39.1. The summed E-state index contributed by atoms with van der Waals surface area (Å²) in [6.07, 6.45) is 38.3. The number of carboxylic acids is 2. The molecule has 0 aromatic heterocycles. The van der Waals surface area contributed by atoms with Crippen molar-refractivity contribution in [3.05, 3.63) is 36.5 Å². The predicted octanol–water partition coefficient (Wildman–Crippen LogP) is 10.6. The second-order valence-electron chi connectivity index (χ2n) is 11.8. The van der Waals surface area contributed by atoms with Crippen LogP contribution in [0.1, 0.15) is 167 Å². The van der Waals surface area contributed by atoms with Crippen LogP contribution in [0.5, 0.6) is 0 Å². The highest BCUT2D eigenvalue weighted by Gasteiger charge is 2.16. The summed E-state index contributed by atoms with van der Waals surface area (Å²) in [6, 6.07) is 0. The molecule has 0 fully saturated rings. The van der Waals surface area contributed by atoms with Crippen LogP contribution in [-0.4, -0.2) is 33.4 Å². The highest BCUT2D eigenvalue weighted by molar-refractivity contribution is 5.69. The van der Waals surface area contributed by atoms with Gasteiger partial charge >= 0.3 is 11.9 Å². The largest absolute Gasteiger partial charge is 0.481 e.